The minimum atomic E-state index is -4.50. The number of nitrogens with zero attached hydrogens (tertiary/aromatic N) is 2. The van der Waals surface area contributed by atoms with Crippen LogP contribution >= 0.6 is 0 Å². The van der Waals surface area contributed by atoms with Gasteiger partial charge in [-0.1, -0.05) is 6.92 Å². The normalized spacial score (nSPS) is 11.4. The Kier molecular flexibility index (Phi) is 5.26. The molecule has 1 aromatic heterocycles. The Hall–Kier alpha value is -1.66. The molecule has 0 spiro atoms. The molecule has 4 nitrogen and oxygen atoms in total. The highest BCUT2D eigenvalue weighted by Crippen LogP contribution is 2.30. The van der Waals surface area contributed by atoms with Crippen molar-refractivity contribution in [3.8, 4) is 0 Å². The Labute approximate surface area is 109 Å². The third-order valence-electron chi connectivity index (χ3n) is 2.45. The van der Waals surface area contributed by atoms with Gasteiger partial charge in [-0.25, -0.2) is 9.97 Å². The Morgan fingerprint density at radius 2 is 2.11 bits per heavy atom. The summed E-state index contributed by atoms with van der Waals surface area (Å²) in [6, 6.07) is 0. The summed E-state index contributed by atoms with van der Waals surface area (Å²) in [4.78, 5) is 18.4. The number of aryl methyl sites for hydroxylation is 1. The average molecular weight is 275 g/mol. The van der Waals surface area contributed by atoms with Crippen LogP contribution in [0, 0.1) is 6.92 Å². The monoisotopic (exact) mass is 275 g/mol. The lowest BCUT2D eigenvalue weighted by Crippen LogP contribution is -2.26. The minimum Gasteiger partial charge on any atom is -0.356 e. The van der Waals surface area contributed by atoms with E-state index in [0.717, 1.165) is 6.20 Å². The molecule has 1 aromatic rings. The Morgan fingerprint density at radius 3 is 2.68 bits per heavy atom. The van der Waals surface area contributed by atoms with Gasteiger partial charge in [-0.2, -0.15) is 13.2 Å². The highest BCUT2D eigenvalue weighted by Gasteiger charge is 2.35. The second-order valence-electron chi connectivity index (χ2n) is 4.14. The van der Waals surface area contributed by atoms with E-state index in [4.69, 9.17) is 0 Å². The zero-order valence-corrected chi connectivity index (χ0v) is 10.8. The summed E-state index contributed by atoms with van der Waals surface area (Å²) in [6.45, 7) is 3.41. The van der Waals surface area contributed by atoms with Crippen LogP contribution in [0.4, 0.5) is 13.2 Å². The van der Waals surface area contributed by atoms with Crippen molar-refractivity contribution < 1.29 is 18.0 Å². The highest BCUT2D eigenvalue weighted by atomic mass is 19.4. The zero-order valence-electron chi connectivity index (χ0n) is 10.8. The van der Waals surface area contributed by atoms with Crippen LogP contribution in [0.15, 0.2) is 6.20 Å². The minimum absolute atomic E-state index is 0.00472. The van der Waals surface area contributed by atoms with E-state index >= 15 is 0 Å². The number of carbonyl (C=O) groups is 1. The highest BCUT2D eigenvalue weighted by molar-refractivity contribution is 5.75. The van der Waals surface area contributed by atoms with Gasteiger partial charge in [0.1, 0.15) is 5.82 Å². The van der Waals surface area contributed by atoms with E-state index < -0.39 is 11.9 Å². The maximum atomic E-state index is 12.8. The van der Waals surface area contributed by atoms with Crippen LogP contribution in [0.2, 0.25) is 0 Å². The third-order valence-corrected chi connectivity index (χ3v) is 2.45. The van der Waals surface area contributed by atoms with Gasteiger partial charge in [-0.05, 0) is 19.8 Å². The molecule has 0 fully saturated rings. The molecule has 1 N–H and O–H groups in total. The van der Waals surface area contributed by atoms with Crippen molar-refractivity contribution in [2.75, 3.05) is 6.54 Å². The smallest absolute Gasteiger partial charge is 0.356 e. The van der Waals surface area contributed by atoms with Gasteiger partial charge in [-0.3, -0.25) is 4.79 Å². The first-order chi connectivity index (χ1) is 8.84. The standard InChI is InChI=1S/C12H16F3N3O/c1-3-4-10(19)16-6-5-9-7-17-8(2)18-11(9)12(13,14)15/h7H,3-6H2,1-2H3,(H,16,19). The fourth-order valence-electron chi connectivity index (χ4n) is 1.58. The molecule has 0 unspecified atom stereocenters. The molecule has 1 rings (SSSR count). The predicted molar refractivity (Wildman–Crippen MR) is 63.4 cm³/mol. The molecule has 1 heterocycles. The van der Waals surface area contributed by atoms with E-state index in [1.54, 1.807) is 0 Å². The number of hydrogen-bond acceptors (Lipinski definition) is 3. The fourth-order valence-corrected chi connectivity index (χ4v) is 1.58. The summed E-state index contributed by atoms with van der Waals surface area (Å²) >= 11 is 0. The molecule has 0 bridgehead atoms. The van der Waals surface area contributed by atoms with Gasteiger partial charge in [0, 0.05) is 24.7 Å². The predicted octanol–water partition coefficient (Wildman–Crippen LogP) is 2.26. The lowest BCUT2D eigenvalue weighted by molar-refractivity contribution is -0.142. The molecule has 106 valence electrons. The van der Waals surface area contributed by atoms with Crippen molar-refractivity contribution >= 4 is 5.91 Å². The number of halogens is 3. The molecular weight excluding hydrogens is 259 g/mol. The van der Waals surface area contributed by atoms with Gasteiger partial charge in [-0.15, -0.1) is 0 Å². The van der Waals surface area contributed by atoms with Gasteiger partial charge in [0.25, 0.3) is 0 Å². The molecule has 0 aromatic carbocycles. The summed E-state index contributed by atoms with van der Waals surface area (Å²) in [7, 11) is 0. The molecule has 0 atom stereocenters. The summed E-state index contributed by atoms with van der Waals surface area (Å²) in [5.74, 6) is -0.0878. The van der Waals surface area contributed by atoms with Crippen molar-refractivity contribution in [1.82, 2.24) is 15.3 Å². The van der Waals surface area contributed by atoms with Gasteiger partial charge < -0.3 is 5.32 Å². The molecule has 7 heteroatoms. The van der Waals surface area contributed by atoms with E-state index in [-0.39, 0.29) is 30.3 Å². The molecule has 0 aliphatic heterocycles. The molecule has 19 heavy (non-hydrogen) atoms. The van der Waals surface area contributed by atoms with E-state index in [0.29, 0.717) is 12.8 Å². The second-order valence-corrected chi connectivity index (χ2v) is 4.14. The number of nitrogens with one attached hydrogen (secondary N) is 1. The summed E-state index contributed by atoms with van der Waals surface area (Å²) in [5.41, 5.74) is -0.931. The fraction of sp³-hybridized carbons (Fsp3) is 0.583. The molecule has 1 amide bonds. The van der Waals surface area contributed by atoms with Crippen LogP contribution in [0.5, 0.6) is 0 Å². The van der Waals surface area contributed by atoms with Gasteiger partial charge in [0.2, 0.25) is 5.91 Å². The van der Waals surface area contributed by atoms with Gasteiger partial charge in [0.05, 0.1) is 0 Å². The van der Waals surface area contributed by atoms with Crippen molar-refractivity contribution in [2.45, 2.75) is 39.3 Å². The number of aromatic nitrogens is 2. The number of carbonyl (C=O) groups excluding carboxylic acids is 1. The first kappa shape index (κ1) is 15.4. The van der Waals surface area contributed by atoms with E-state index in [9.17, 15) is 18.0 Å². The molecule has 0 aliphatic rings. The Morgan fingerprint density at radius 1 is 1.42 bits per heavy atom. The van der Waals surface area contributed by atoms with Crippen molar-refractivity contribution in [3.05, 3.63) is 23.3 Å². The number of rotatable bonds is 5. The average Bonchev–Trinajstić information content (AvgIpc) is 2.30. The molecular formula is C12H16F3N3O. The third kappa shape index (κ3) is 4.84. The lowest BCUT2D eigenvalue weighted by atomic mass is 10.1. The summed E-state index contributed by atoms with van der Waals surface area (Å²) < 4.78 is 38.3. The quantitative estimate of drug-likeness (QED) is 0.896. The van der Waals surface area contributed by atoms with Gasteiger partial charge in [0.15, 0.2) is 5.69 Å². The number of amides is 1. The largest absolute Gasteiger partial charge is 0.433 e. The first-order valence-corrected chi connectivity index (χ1v) is 6.01. The molecule has 0 saturated heterocycles. The second kappa shape index (κ2) is 6.49. The Balaban J connectivity index is 2.71. The molecule has 0 radical (unpaired) electrons. The molecule has 0 saturated carbocycles. The number of hydrogen-bond donors (Lipinski definition) is 1. The zero-order chi connectivity index (χ0) is 14.5. The SMILES string of the molecule is CCCC(=O)NCCc1cnc(C)nc1C(F)(F)F. The van der Waals surface area contributed by atoms with E-state index in [2.05, 4.69) is 15.3 Å². The van der Waals surface area contributed by atoms with Crippen LogP contribution in [0.3, 0.4) is 0 Å². The van der Waals surface area contributed by atoms with E-state index in [1.165, 1.54) is 6.92 Å². The topological polar surface area (TPSA) is 54.9 Å². The maximum Gasteiger partial charge on any atom is 0.433 e. The van der Waals surface area contributed by atoms with Crippen LogP contribution in [0.25, 0.3) is 0 Å². The van der Waals surface area contributed by atoms with Crippen molar-refractivity contribution in [2.24, 2.45) is 0 Å². The molecule has 0 aliphatic carbocycles. The lowest BCUT2D eigenvalue weighted by Gasteiger charge is -2.12. The summed E-state index contributed by atoms with van der Waals surface area (Å²) in [6.07, 6.45) is -2.21. The van der Waals surface area contributed by atoms with Crippen LogP contribution < -0.4 is 5.32 Å². The Bertz CT molecular complexity index is 446. The van der Waals surface area contributed by atoms with Crippen LogP contribution in [-0.2, 0) is 17.4 Å². The van der Waals surface area contributed by atoms with Crippen molar-refractivity contribution in [1.29, 1.82) is 0 Å². The first-order valence-electron chi connectivity index (χ1n) is 6.01. The summed E-state index contributed by atoms with van der Waals surface area (Å²) in [5, 5.41) is 2.56. The van der Waals surface area contributed by atoms with Crippen molar-refractivity contribution in [3.63, 3.8) is 0 Å². The van der Waals surface area contributed by atoms with Crippen LogP contribution in [-0.4, -0.2) is 22.4 Å². The van der Waals surface area contributed by atoms with Crippen LogP contribution in [0.1, 0.15) is 36.8 Å². The van der Waals surface area contributed by atoms with Gasteiger partial charge >= 0.3 is 6.18 Å². The maximum absolute atomic E-state index is 12.8. The number of alkyl halides is 3. The van der Waals surface area contributed by atoms with E-state index in [1.807, 2.05) is 6.92 Å².